The maximum absolute atomic E-state index is 6.29. The minimum Gasteiger partial charge on any atom is -0.418 e. The van der Waals surface area contributed by atoms with E-state index in [1.165, 1.54) is 11.1 Å². The molecule has 0 aliphatic heterocycles. The minimum absolute atomic E-state index is 0.273. The van der Waals surface area contributed by atoms with Gasteiger partial charge < -0.3 is 9.73 Å². The van der Waals surface area contributed by atoms with E-state index >= 15 is 0 Å². The molecule has 4 rings (SSSR count). The lowest BCUT2D eigenvalue weighted by molar-refractivity contribution is 0.494. The van der Waals surface area contributed by atoms with E-state index in [9.17, 15) is 0 Å². The van der Waals surface area contributed by atoms with Crippen molar-refractivity contribution in [3.8, 4) is 11.5 Å². The van der Waals surface area contributed by atoms with E-state index in [-0.39, 0.29) is 6.04 Å². The fourth-order valence-electron chi connectivity index (χ4n) is 3.09. The van der Waals surface area contributed by atoms with Gasteiger partial charge in [0.2, 0.25) is 11.8 Å². The summed E-state index contributed by atoms with van der Waals surface area (Å²) >= 11 is 6.29. The summed E-state index contributed by atoms with van der Waals surface area (Å²) in [6, 6.07) is 23.4. The Morgan fingerprint density at radius 2 is 1.61 bits per heavy atom. The largest absolute Gasteiger partial charge is 0.418 e. The monoisotopic (exact) mass is 389 g/mol. The lowest BCUT2D eigenvalue weighted by Gasteiger charge is -2.19. The second-order valence-corrected chi connectivity index (χ2v) is 7.07. The summed E-state index contributed by atoms with van der Waals surface area (Å²) in [5.41, 5.74) is 5.21. The van der Waals surface area contributed by atoms with Crippen LogP contribution in [-0.2, 0) is 0 Å². The van der Waals surface area contributed by atoms with E-state index < -0.39 is 0 Å². The molecule has 0 spiro atoms. The summed E-state index contributed by atoms with van der Waals surface area (Å²) in [5.74, 6) is 0.895. The number of nitrogens with zero attached hydrogens (tertiary/aromatic N) is 2. The highest BCUT2D eigenvalue weighted by Crippen LogP contribution is 2.32. The van der Waals surface area contributed by atoms with Crippen LogP contribution in [0.15, 0.2) is 77.2 Å². The van der Waals surface area contributed by atoms with Crippen LogP contribution in [0.5, 0.6) is 0 Å². The Bertz CT molecular complexity index is 1090. The van der Waals surface area contributed by atoms with Crippen LogP contribution in [-0.4, -0.2) is 10.2 Å². The summed E-state index contributed by atoms with van der Waals surface area (Å²) in [6.07, 6.45) is 0. The third kappa shape index (κ3) is 3.64. The maximum atomic E-state index is 6.29. The van der Waals surface area contributed by atoms with Gasteiger partial charge in [-0.05, 0) is 48.7 Å². The number of nitrogens with one attached hydrogen (secondary N) is 1. The Labute approximate surface area is 169 Å². The standard InChI is InChI=1S/C23H20ClN3O/c1-15-9-8-14-20(16(15)2)25-21(17-10-4-3-5-11-17)23-27-26-22(28-23)18-12-6-7-13-19(18)24/h3-14,21,25H,1-2H3/t21-/m1/s1. The maximum Gasteiger partial charge on any atom is 0.249 e. The van der Waals surface area contributed by atoms with Crippen LogP contribution < -0.4 is 5.32 Å². The molecule has 1 aromatic heterocycles. The van der Waals surface area contributed by atoms with Crippen molar-refractivity contribution in [2.24, 2.45) is 0 Å². The Balaban J connectivity index is 1.75. The van der Waals surface area contributed by atoms with Crippen LogP contribution >= 0.6 is 11.6 Å². The number of aryl methyl sites for hydroxylation is 1. The molecule has 0 saturated heterocycles. The third-order valence-corrected chi connectivity index (χ3v) is 5.16. The topological polar surface area (TPSA) is 51.0 Å². The lowest BCUT2D eigenvalue weighted by Crippen LogP contribution is -2.14. The molecule has 1 N–H and O–H groups in total. The van der Waals surface area contributed by atoms with Crippen LogP contribution in [0.4, 0.5) is 5.69 Å². The zero-order valence-corrected chi connectivity index (χ0v) is 16.4. The fraction of sp³-hybridized carbons (Fsp3) is 0.130. The van der Waals surface area contributed by atoms with Crippen molar-refractivity contribution in [3.05, 3.63) is 100 Å². The predicted molar refractivity (Wildman–Crippen MR) is 113 cm³/mol. The van der Waals surface area contributed by atoms with Gasteiger partial charge in [0.25, 0.3) is 0 Å². The van der Waals surface area contributed by atoms with Crippen molar-refractivity contribution in [1.82, 2.24) is 10.2 Å². The summed E-state index contributed by atoms with van der Waals surface area (Å²) in [4.78, 5) is 0. The number of rotatable bonds is 5. The van der Waals surface area contributed by atoms with Crippen molar-refractivity contribution in [3.63, 3.8) is 0 Å². The first kappa shape index (κ1) is 18.3. The van der Waals surface area contributed by atoms with E-state index in [2.05, 4.69) is 41.5 Å². The number of anilines is 1. The molecule has 5 heteroatoms. The average Bonchev–Trinajstić information content (AvgIpc) is 3.20. The Morgan fingerprint density at radius 3 is 2.39 bits per heavy atom. The van der Waals surface area contributed by atoms with Gasteiger partial charge in [-0.2, -0.15) is 0 Å². The molecule has 1 heterocycles. The van der Waals surface area contributed by atoms with Crippen molar-refractivity contribution in [1.29, 1.82) is 0 Å². The van der Waals surface area contributed by atoms with Crippen LogP contribution in [0.2, 0.25) is 5.02 Å². The average molecular weight is 390 g/mol. The van der Waals surface area contributed by atoms with Crippen molar-refractivity contribution in [2.75, 3.05) is 5.32 Å². The molecule has 0 fully saturated rings. The SMILES string of the molecule is Cc1cccc(N[C@H](c2ccccc2)c2nnc(-c3ccccc3Cl)o2)c1C. The van der Waals surface area contributed by atoms with Crippen LogP contribution in [0, 0.1) is 13.8 Å². The highest BCUT2D eigenvalue weighted by Gasteiger charge is 2.22. The molecule has 3 aromatic carbocycles. The van der Waals surface area contributed by atoms with Crippen LogP contribution in [0.3, 0.4) is 0 Å². The first-order chi connectivity index (χ1) is 13.6. The van der Waals surface area contributed by atoms with Gasteiger partial charge in [-0.3, -0.25) is 0 Å². The summed E-state index contributed by atoms with van der Waals surface area (Å²) in [6.45, 7) is 4.20. The molecule has 0 radical (unpaired) electrons. The van der Waals surface area contributed by atoms with E-state index in [0.717, 1.165) is 16.8 Å². The zero-order chi connectivity index (χ0) is 19.5. The Morgan fingerprint density at radius 1 is 0.857 bits per heavy atom. The molecule has 4 aromatic rings. The van der Waals surface area contributed by atoms with Crippen molar-refractivity contribution >= 4 is 17.3 Å². The van der Waals surface area contributed by atoms with Crippen LogP contribution in [0.25, 0.3) is 11.5 Å². The smallest absolute Gasteiger partial charge is 0.249 e. The molecular formula is C23H20ClN3O. The molecular weight excluding hydrogens is 370 g/mol. The van der Waals surface area contributed by atoms with E-state index in [1.807, 2.05) is 60.7 Å². The van der Waals surface area contributed by atoms with Gasteiger partial charge in [0.1, 0.15) is 6.04 Å². The predicted octanol–water partition coefficient (Wildman–Crippen LogP) is 6.21. The third-order valence-electron chi connectivity index (χ3n) is 4.83. The number of hydrogen-bond donors (Lipinski definition) is 1. The number of aromatic nitrogens is 2. The van der Waals surface area contributed by atoms with Crippen molar-refractivity contribution < 1.29 is 4.42 Å². The van der Waals surface area contributed by atoms with E-state index in [1.54, 1.807) is 0 Å². The first-order valence-electron chi connectivity index (χ1n) is 9.09. The van der Waals surface area contributed by atoms with Crippen LogP contribution in [0.1, 0.15) is 28.6 Å². The normalized spacial score (nSPS) is 12.0. The van der Waals surface area contributed by atoms with Gasteiger partial charge in [0.05, 0.1) is 10.6 Å². The molecule has 0 unspecified atom stereocenters. The second kappa shape index (κ2) is 7.87. The first-order valence-corrected chi connectivity index (χ1v) is 9.47. The Kier molecular flexibility index (Phi) is 5.13. The lowest BCUT2D eigenvalue weighted by atomic mass is 10.0. The van der Waals surface area contributed by atoms with Gasteiger partial charge in [-0.15, -0.1) is 10.2 Å². The fourth-order valence-corrected chi connectivity index (χ4v) is 3.31. The summed E-state index contributed by atoms with van der Waals surface area (Å²) < 4.78 is 6.04. The van der Waals surface area contributed by atoms with Gasteiger partial charge in [-0.25, -0.2) is 0 Å². The summed E-state index contributed by atoms with van der Waals surface area (Å²) in [5, 5.41) is 12.7. The zero-order valence-electron chi connectivity index (χ0n) is 15.7. The van der Waals surface area contributed by atoms with E-state index in [4.69, 9.17) is 16.0 Å². The van der Waals surface area contributed by atoms with Gasteiger partial charge in [0.15, 0.2) is 0 Å². The number of halogens is 1. The molecule has 0 aliphatic carbocycles. The quantitative estimate of drug-likeness (QED) is 0.441. The summed E-state index contributed by atoms with van der Waals surface area (Å²) in [7, 11) is 0. The van der Waals surface area contributed by atoms with Gasteiger partial charge >= 0.3 is 0 Å². The molecule has 140 valence electrons. The molecule has 28 heavy (non-hydrogen) atoms. The highest BCUT2D eigenvalue weighted by molar-refractivity contribution is 6.33. The van der Waals surface area contributed by atoms with Gasteiger partial charge in [-0.1, -0.05) is 66.2 Å². The number of hydrogen-bond acceptors (Lipinski definition) is 4. The molecule has 0 bridgehead atoms. The molecule has 0 aliphatic rings. The Hall–Kier alpha value is -3.11. The molecule has 0 saturated carbocycles. The molecule has 4 nitrogen and oxygen atoms in total. The van der Waals surface area contributed by atoms with Gasteiger partial charge in [0, 0.05) is 5.69 Å². The minimum atomic E-state index is -0.273. The number of benzene rings is 3. The second-order valence-electron chi connectivity index (χ2n) is 6.66. The van der Waals surface area contributed by atoms with Crippen molar-refractivity contribution in [2.45, 2.75) is 19.9 Å². The highest BCUT2D eigenvalue weighted by atomic mass is 35.5. The molecule has 1 atom stereocenters. The molecule has 0 amide bonds. The van der Waals surface area contributed by atoms with E-state index in [0.29, 0.717) is 16.8 Å².